The van der Waals surface area contributed by atoms with Crippen molar-refractivity contribution in [3.8, 4) is 0 Å². The molecule has 2 heterocycles. The summed E-state index contributed by atoms with van der Waals surface area (Å²) in [5.41, 5.74) is -1.01. The van der Waals surface area contributed by atoms with Crippen LogP contribution in [0.4, 0.5) is 0 Å². The predicted octanol–water partition coefficient (Wildman–Crippen LogP) is -0.0465. The molecule has 0 unspecified atom stereocenters. The summed E-state index contributed by atoms with van der Waals surface area (Å²) in [6.07, 6.45) is 1.32. The Hall–Kier alpha value is -1.60. The van der Waals surface area contributed by atoms with Crippen molar-refractivity contribution >= 4 is 5.91 Å². The number of nitrogens with one attached hydrogen (secondary N) is 1. The van der Waals surface area contributed by atoms with E-state index in [4.69, 9.17) is 4.52 Å². The third kappa shape index (κ3) is 2.64. The summed E-state index contributed by atoms with van der Waals surface area (Å²) >= 11 is 0. The molecule has 2 rings (SSSR count). The quantitative estimate of drug-likeness (QED) is 0.719. The molecule has 1 saturated heterocycles. The lowest BCUT2D eigenvalue weighted by Crippen LogP contribution is -2.54. The summed E-state index contributed by atoms with van der Waals surface area (Å²) in [6.45, 7) is 2.46. The first kappa shape index (κ1) is 14.8. The van der Waals surface area contributed by atoms with Crippen molar-refractivity contribution in [1.82, 2.24) is 10.1 Å². The summed E-state index contributed by atoms with van der Waals surface area (Å²) in [5, 5.41) is 21.9. The van der Waals surface area contributed by atoms with E-state index in [1.165, 1.54) is 4.90 Å². The first-order valence-electron chi connectivity index (χ1n) is 6.79. The van der Waals surface area contributed by atoms with E-state index in [0.717, 1.165) is 12.5 Å². The molecule has 3 N–H and O–H groups in total. The fraction of sp³-hybridized carbons (Fsp3) is 0.692. The number of carbonyl (C=O) groups excluding carboxylic acids is 1. The molecule has 0 aromatic carbocycles. The number of nitrogens with zero attached hydrogens (tertiary/aromatic N) is 1. The lowest BCUT2D eigenvalue weighted by atomic mass is 9.73. The third-order valence-corrected chi connectivity index (χ3v) is 4.06. The van der Waals surface area contributed by atoms with Crippen LogP contribution in [0.2, 0.25) is 0 Å². The molecule has 1 amide bonds. The highest BCUT2D eigenvalue weighted by Crippen LogP contribution is 2.36. The van der Waals surface area contributed by atoms with Gasteiger partial charge in [-0.15, -0.1) is 0 Å². The van der Waals surface area contributed by atoms with Crippen LogP contribution in [0.15, 0.2) is 15.4 Å². The minimum absolute atomic E-state index is 0.0609. The standard InChI is InChI=1S/C13H20N2O5/c1-2-3-13(8-16)4-5-15(7-10(13)17)12(19)9-6-11(18)14-20-9/h6,10,16-17H,2-5,7-8H2,1H3,(H,14,18)/t10-,13+/m0/s1. The molecule has 0 saturated carbocycles. The number of likely N-dealkylation sites (tertiary alicyclic amines) is 1. The van der Waals surface area contributed by atoms with Gasteiger partial charge in [0.2, 0.25) is 5.76 Å². The Bertz CT molecular complexity index is 523. The Morgan fingerprint density at radius 2 is 2.40 bits per heavy atom. The maximum absolute atomic E-state index is 12.1. The van der Waals surface area contributed by atoms with Crippen LogP contribution in [-0.2, 0) is 0 Å². The van der Waals surface area contributed by atoms with E-state index in [0.29, 0.717) is 19.4 Å². The van der Waals surface area contributed by atoms with Gasteiger partial charge in [-0.2, -0.15) is 5.16 Å². The van der Waals surface area contributed by atoms with Gasteiger partial charge in [0.15, 0.2) is 0 Å². The van der Waals surface area contributed by atoms with Crippen molar-refractivity contribution in [2.24, 2.45) is 5.41 Å². The third-order valence-electron chi connectivity index (χ3n) is 4.06. The summed E-state index contributed by atoms with van der Waals surface area (Å²) in [4.78, 5) is 24.5. The second-order valence-corrected chi connectivity index (χ2v) is 5.36. The molecule has 0 bridgehead atoms. The first-order chi connectivity index (χ1) is 9.52. The number of hydrogen-bond donors (Lipinski definition) is 3. The minimum Gasteiger partial charge on any atom is -0.396 e. The van der Waals surface area contributed by atoms with Crippen LogP contribution in [0, 0.1) is 5.41 Å². The summed E-state index contributed by atoms with van der Waals surface area (Å²) < 4.78 is 4.78. The molecule has 1 aromatic heterocycles. The maximum atomic E-state index is 12.1. The molecular weight excluding hydrogens is 264 g/mol. The number of amides is 1. The molecule has 7 nitrogen and oxygen atoms in total. The van der Waals surface area contributed by atoms with Gasteiger partial charge in [-0.1, -0.05) is 13.3 Å². The number of β-amino-alcohol motifs (C(OH)–C–C–N with tert-alkyl or cyclic N) is 1. The molecule has 112 valence electrons. The molecule has 1 fully saturated rings. The average molecular weight is 284 g/mol. The molecule has 0 spiro atoms. The van der Waals surface area contributed by atoms with Gasteiger partial charge in [0.05, 0.1) is 18.8 Å². The van der Waals surface area contributed by atoms with Crippen LogP contribution >= 0.6 is 0 Å². The molecule has 1 aliphatic rings. The van der Waals surface area contributed by atoms with Crippen molar-refractivity contribution in [2.45, 2.75) is 32.3 Å². The summed E-state index contributed by atoms with van der Waals surface area (Å²) in [7, 11) is 0. The Labute approximate surface area is 116 Å². The number of aromatic nitrogens is 1. The van der Waals surface area contributed by atoms with E-state index in [-0.39, 0.29) is 18.9 Å². The van der Waals surface area contributed by atoms with Crippen molar-refractivity contribution < 1.29 is 19.5 Å². The van der Waals surface area contributed by atoms with Gasteiger partial charge in [0.1, 0.15) is 0 Å². The van der Waals surface area contributed by atoms with Crippen molar-refractivity contribution in [3.05, 3.63) is 22.2 Å². The minimum atomic E-state index is -0.782. The van der Waals surface area contributed by atoms with E-state index in [1.807, 2.05) is 6.92 Å². The maximum Gasteiger partial charge on any atom is 0.292 e. The molecule has 7 heteroatoms. The highest BCUT2D eigenvalue weighted by Gasteiger charge is 2.42. The Morgan fingerprint density at radius 1 is 1.65 bits per heavy atom. The van der Waals surface area contributed by atoms with Gasteiger partial charge in [0.25, 0.3) is 11.5 Å². The van der Waals surface area contributed by atoms with Crippen molar-refractivity contribution in [3.63, 3.8) is 0 Å². The van der Waals surface area contributed by atoms with E-state index < -0.39 is 23.0 Å². The van der Waals surface area contributed by atoms with Crippen LogP contribution in [0.1, 0.15) is 36.7 Å². The number of aliphatic hydroxyl groups is 2. The lowest BCUT2D eigenvalue weighted by molar-refractivity contribution is -0.0718. The molecule has 1 aromatic rings. The number of rotatable bonds is 4. The number of aromatic amines is 1. The average Bonchev–Trinajstić information content (AvgIpc) is 2.87. The number of hydrogen-bond acceptors (Lipinski definition) is 5. The molecule has 2 atom stereocenters. The molecule has 20 heavy (non-hydrogen) atoms. The van der Waals surface area contributed by atoms with Crippen LogP contribution in [0.3, 0.4) is 0 Å². The summed E-state index contributed by atoms with van der Waals surface area (Å²) in [5.74, 6) is -0.486. The zero-order chi connectivity index (χ0) is 14.8. The van der Waals surface area contributed by atoms with Crippen LogP contribution < -0.4 is 5.56 Å². The highest BCUT2D eigenvalue weighted by molar-refractivity contribution is 5.91. The monoisotopic (exact) mass is 284 g/mol. The second kappa shape index (κ2) is 5.80. The van der Waals surface area contributed by atoms with E-state index in [1.54, 1.807) is 0 Å². The molecule has 1 aliphatic heterocycles. The fourth-order valence-electron chi connectivity index (χ4n) is 2.80. The highest BCUT2D eigenvalue weighted by atomic mass is 16.5. The van der Waals surface area contributed by atoms with Crippen LogP contribution in [-0.4, -0.2) is 52.0 Å². The van der Waals surface area contributed by atoms with Crippen molar-refractivity contribution in [1.29, 1.82) is 0 Å². The van der Waals surface area contributed by atoms with Gasteiger partial charge >= 0.3 is 0 Å². The smallest absolute Gasteiger partial charge is 0.292 e. The van der Waals surface area contributed by atoms with E-state index in [9.17, 15) is 19.8 Å². The van der Waals surface area contributed by atoms with Crippen LogP contribution in [0.25, 0.3) is 0 Å². The first-order valence-corrected chi connectivity index (χ1v) is 6.79. The van der Waals surface area contributed by atoms with Gasteiger partial charge in [-0.05, 0) is 12.8 Å². The van der Waals surface area contributed by atoms with Crippen LogP contribution in [0.5, 0.6) is 0 Å². The number of H-pyrrole nitrogens is 1. The number of carbonyl (C=O) groups is 1. The fourth-order valence-corrected chi connectivity index (χ4v) is 2.80. The van der Waals surface area contributed by atoms with Crippen molar-refractivity contribution in [2.75, 3.05) is 19.7 Å². The predicted molar refractivity (Wildman–Crippen MR) is 70.3 cm³/mol. The molecule has 0 aliphatic carbocycles. The van der Waals surface area contributed by atoms with E-state index in [2.05, 4.69) is 5.16 Å². The van der Waals surface area contributed by atoms with Gasteiger partial charge in [-0.25, -0.2) is 0 Å². The molecular formula is C13H20N2O5. The summed E-state index contributed by atoms with van der Waals surface area (Å²) in [6, 6.07) is 1.09. The lowest BCUT2D eigenvalue weighted by Gasteiger charge is -2.44. The number of aliphatic hydroxyl groups excluding tert-OH is 2. The second-order valence-electron chi connectivity index (χ2n) is 5.36. The Kier molecular flexibility index (Phi) is 4.29. The van der Waals surface area contributed by atoms with Gasteiger partial charge in [0, 0.05) is 18.5 Å². The zero-order valence-electron chi connectivity index (χ0n) is 11.5. The Morgan fingerprint density at radius 3 is 2.90 bits per heavy atom. The SMILES string of the molecule is CCC[C@]1(CO)CCN(C(=O)c2cc(=O)[nH]o2)C[C@@H]1O. The Balaban J connectivity index is 2.08. The largest absolute Gasteiger partial charge is 0.396 e. The van der Waals surface area contributed by atoms with Gasteiger partial charge in [-0.3, -0.25) is 9.59 Å². The van der Waals surface area contributed by atoms with E-state index >= 15 is 0 Å². The zero-order valence-corrected chi connectivity index (χ0v) is 11.5. The molecule has 0 radical (unpaired) electrons. The number of piperidine rings is 1. The van der Waals surface area contributed by atoms with Gasteiger partial charge < -0.3 is 19.6 Å². The normalized spacial score (nSPS) is 26.8. The topological polar surface area (TPSA) is 107 Å².